The van der Waals surface area contributed by atoms with Gasteiger partial charge in [-0.3, -0.25) is 14.6 Å². The fourth-order valence-corrected chi connectivity index (χ4v) is 3.50. The second-order valence-corrected chi connectivity index (χ2v) is 7.33. The van der Waals surface area contributed by atoms with Crippen LogP contribution in [0, 0.1) is 5.82 Å². The van der Waals surface area contributed by atoms with E-state index in [1.165, 1.54) is 6.07 Å². The van der Waals surface area contributed by atoms with Gasteiger partial charge in [0.05, 0.1) is 39.1 Å². The highest BCUT2D eigenvalue weighted by molar-refractivity contribution is 5.78. The molecule has 2 saturated heterocycles. The Labute approximate surface area is 165 Å². The molecule has 3 rings (SSSR count). The summed E-state index contributed by atoms with van der Waals surface area (Å²) in [6, 6.07) is 6.47. The van der Waals surface area contributed by atoms with Crippen LogP contribution >= 0.6 is 0 Å². The van der Waals surface area contributed by atoms with E-state index in [4.69, 9.17) is 9.47 Å². The summed E-state index contributed by atoms with van der Waals surface area (Å²) in [6.45, 7) is 7.07. The summed E-state index contributed by atoms with van der Waals surface area (Å²) in [5, 5.41) is 10.2. The van der Waals surface area contributed by atoms with E-state index in [2.05, 4.69) is 9.80 Å². The Hall–Kier alpha value is -1.58. The van der Waals surface area contributed by atoms with E-state index >= 15 is 0 Å². The highest BCUT2D eigenvalue weighted by Gasteiger charge is 2.24. The van der Waals surface area contributed by atoms with Gasteiger partial charge in [0.2, 0.25) is 5.91 Å². The lowest BCUT2D eigenvalue weighted by molar-refractivity contribution is -0.135. The van der Waals surface area contributed by atoms with Crippen molar-refractivity contribution in [3.8, 4) is 0 Å². The molecule has 1 unspecified atom stereocenters. The van der Waals surface area contributed by atoms with Gasteiger partial charge in [-0.2, -0.15) is 0 Å². The van der Waals surface area contributed by atoms with Gasteiger partial charge in [0.1, 0.15) is 5.82 Å². The number of piperazine rings is 1. The minimum absolute atomic E-state index is 0.146. The minimum atomic E-state index is -0.637. The van der Waals surface area contributed by atoms with Crippen molar-refractivity contribution in [2.45, 2.75) is 12.7 Å². The molecule has 0 bridgehead atoms. The average molecular weight is 395 g/mol. The van der Waals surface area contributed by atoms with Crippen LogP contribution in [0.4, 0.5) is 4.39 Å². The molecular weight excluding hydrogens is 365 g/mol. The van der Waals surface area contributed by atoms with Crippen molar-refractivity contribution in [2.75, 3.05) is 72.2 Å². The quantitative estimate of drug-likeness (QED) is 0.678. The van der Waals surface area contributed by atoms with Gasteiger partial charge in [-0.1, -0.05) is 18.2 Å². The van der Waals surface area contributed by atoms with Crippen LogP contribution in [0.5, 0.6) is 0 Å². The molecule has 2 fully saturated rings. The van der Waals surface area contributed by atoms with Gasteiger partial charge >= 0.3 is 0 Å². The van der Waals surface area contributed by atoms with Gasteiger partial charge in [0, 0.05) is 51.4 Å². The van der Waals surface area contributed by atoms with Crippen LogP contribution in [0.15, 0.2) is 24.3 Å². The fourth-order valence-electron chi connectivity index (χ4n) is 3.50. The van der Waals surface area contributed by atoms with Crippen molar-refractivity contribution in [2.24, 2.45) is 0 Å². The number of aliphatic hydroxyl groups is 1. The van der Waals surface area contributed by atoms with E-state index in [9.17, 15) is 14.3 Å². The zero-order chi connectivity index (χ0) is 19.8. The number of carbonyl (C=O) groups excluding carboxylic acids is 1. The van der Waals surface area contributed by atoms with Crippen molar-refractivity contribution in [3.63, 3.8) is 0 Å². The van der Waals surface area contributed by atoms with Gasteiger partial charge in [0.15, 0.2) is 0 Å². The van der Waals surface area contributed by atoms with Gasteiger partial charge in [-0.15, -0.1) is 0 Å². The van der Waals surface area contributed by atoms with Gasteiger partial charge < -0.3 is 19.5 Å². The second-order valence-electron chi connectivity index (χ2n) is 7.33. The topological polar surface area (TPSA) is 65.5 Å². The Kier molecular flexibility index (Phi) is 8.17. The lowest BCUT2D eigenvalue weighted by atomic mass is 10.2. The first kappa shape index (κ1) is 21.1. The summed E-state index contributed by atoms with van der Waals surface area (Å²) in [5.41, 5.74) is 0.488. The minimum Gasteiger partial charge on any atom is -0.389 e. The number of aliphatic hydroxyl groups excluding tert-OH is 1. The van der Waals surface area contributed by atoms with Crippen LogP contribution in [0.2, 0.25) is 0 Å². The molecule has 2 aliphatic rings. The normalized spacial score (nSPS) is 20.3. The van der Waals surface area contributed by atoms with E-state index in [1.807, 2.05) is 4.90 Å². The maximum atomic E-state index is 13.5. The first-order valence-electron chi connectivity index (χ1n) is 9.91. The SMILES string of the molecule is O=C(CN1CCOCC1)N1CCN(CC(O)COCc2ccccc2F)CC1. The Morgan fingerprint density at radius 1 is 1.11 bits per heavy atom. The number of amides is 1. The molecule has 2 aliphatic heterocycles. The maximum Gasteiger partial charge on any atom is 0.236 e. The van der Waals surface area contributed by atoms with Crippen LogP contribution in [-0.2, 0) is 20.9 Å². The highest BCUT2D eigenvalue weighted by Crippen LogP contribution is 2.09. The average Bonchev–Trinajstić information content (AvgIpc) is 2.71. The molecule has 7 nitrogen and oxygen atoms in total. The van der Waals surface area contributed by atoms with Crippen LogP contribution in [0.1, 0.15) is 5.56 Å². The standard InChI is InChI=1S/C20H30FN3O4/c21-19-4-2-1-3-17(19)15-28-16-18(25)13-22-5-7-24(8-6-22)20(26)14-23-9-11-27-12-10-23/h1-4,18,25H,5-16H2. The molecule has 156 valence electrons. The van der Waals surface area contributed by atoms with Crippen LogP contribution in [-0.4, -0.2) is 104 Å². The molecule has 0 aliphatic carbocycles. The van der Waals surface area contributed by atoms with Crippen molar-refractivity contribution in [1.29, 1.82) is 0 Å². The van der Waals surface area contributed by atoms with Gasteiger partial charge in [0.25, 0.3) is 0 Å². The molecule has 1 N–H and O–H groups in total. The number of morpholine rings is 1. The molecule has 0 aromatic heterocycles. The maximum absolute atomic E-state index is 13.5. The predicted octanol–water partition coefficient (Wildman–Crippen LogP) is 0.180. The Balaban J connectivity index is 1.31. The van der Waals surface area contributed by atoms with E-state index < -0.39 is 6.10 Å². The van der Waals surface area contributed by atoms with Gasteiger partial charge in [-0.05, 0) is 6.07 Å². The molecule has 1 atom stereocenters. The molecule has 0 radical (unpaired) electrons. The first-order chi connectivity index (χ1) is 13.6. The molecule has 1 amide bonds. The molecule has 1 aromatic carbocycles. The number of rotatable bonds is 8. The molecular formula is C20H30FN3O4. The van der Waals surface area contributed by atoms with E-state index in [0.29, 0.717) is 45.0 Å². The smallest absolute Gasteiger partial charge is 0.236 e. The summed E-state index contributed by atoms with van der Waals surface area (Å²) in [6.07, 6.45) is -0.637. The number of carbonyl (C=O) groups is 1. The Morgan fingerprint density at radius 3 is 2.54 bits per heavy atom. The second kappa shape index (κ2) is 10.8. The highest BCUT2D eigenvalue weighted by atomic mass is 19.1. The van der Waals surface area contributed by atoms with Crippen molar-refractivity contribution in [1.82, 2.24) is 14.7 Å². The Morgan fingerprint density at radius 2 is 1.82 bits per heavy atom. The predicted molar refractivity (Wildman–Crippen MR) is 102 cm³/mol. The van der Waals surface area contributed by atoms with Crippen LogP contribution in [0.3, 0.4) is 0 Å². The van der Waals surface area contributed by atoms with Gasteiger partial charge in [-0.25, -0.2) is 4.39 Å². The monoisotopic (exact) mass is 395 g/mol. The van der Waals surface area contributed by atoms with E-state index in [1.54, 1.807) is 18.2 Å². The number of hydrogen-bond acceptors (Lipinski definition) is 6. The largest absolute Gasteiger partial charge is 0.389 e. The fraction of sp³-hybridized carbons (Fsp3) is 0.650. The van der Waals surface area contributed by atoms with Crippen LogP contribution < -0.4 is 0 Å². The first-order valence-corrected chi connectivity index (χ1v) is 9.91. The van der Waals surface area contributed by atoms with Crippen LogP contribution in [0.25, 0.3) is 0 Å². The number of nitrogens with zero attached hydrogens (tertiary/aromatic N) is 3. The molecule has 2 heterocycles. The molecule has 8 heteroatoms. The summed E-state index contributed by atoms with van der Waals surface area (Å²) in [5.74, 6) is -0.134. The molecule has 0 spiro atoms. The zero-order valence-corrected chi connectivity index (χ0v) is 16.3. The third kappa shape index (κ3) is 6.49. The number of ether oxygens (including phenoxy) is 2. The molecule has 28 heavy (non-hydrogen) atoms. The summed E-state index contributed by atoms with van der Waals surface area (Å²) >= 11 is 0. The number of benzene rings is 1. The van der Waals surface area contributed by atoms with E-state index in [0.717, 1.165) is 26.2 Å². The summed E-state index contributed by atoms with van der Waals surface area (Å²) in [7, 11) is 0. The number of halogens is 1. The lowest BCUT2D eigenvalue weighted by Gasteiger charge is -2.37. The summed E-state index contributed by atoms with van der Waals surface area (Å²) in [4.78, 5) is 18.6. The molecule has 0 saturated carbocycles. The molecule has 1 aromatic rings. The van der Waals surface area contributed by atoms with Crippen molar-refractivity contribution in [3.05, 3.63) is 35.6 Å². The third-order valence-electron chi connectivity index (χ3n) is 5.18. The third-order valence-corrected chi connectivity index (χ3v) is 5.18. The number of hydrogen-bond donors (Lipinski definition) is 1. The lowest BCUT2D eigenvalue weighted by Crippen LogP contribution is -2.53. The van der Waals surface area contributed by atoms with Crippen molar-refractivity contribution < 1.29 is 23.8 Å². The summed E-state index contributed by atoms with van der Waals surface area (Å²) < 4.78 is 24.3. The number of β-amino-alcohol motifs (C(OH)–C–C–N with tert-alkyl or cyclic N) is 1. The van der Waals surface area contributed by atoms with E-state index in [-0.39, 0.29) is 24.9 Å². The van der Waals surface area contributed by atoms with Crippen molar-refractivity contribution >= 4 is 5.91 Å². The zero-order valence-electron chi connectivity index (χ0n) is 16.3. The Bertz CT molecular complexity index is 619.